The van der Waals surface area contributed by atoms with Crippen molar-refractivity contribution in [1.82, 2.24) is 0 Å². The number of unbranched alkanes of at least 4 members (excludes halogenated alkanes) is 10. The number of likely N-dealkylation sites (N-methyl/N-ethyl adjacent to an activating group) is 1. The molecule has 0 spiro atoms. The standard InChI is InChI=1S/C39H68NO8P/c1-6-8-10-12-14-16-18-20-22-24-26-28-30-32-39(42)48-37(36-47-49(43,44)46-34-33-40(3,4)5)35-45-38(41)31-29-27-25-23-21-19-17-15-13-11-9-7-2/h8-12,14-18,37H,6-7,13,19-36H2,1-5H3/b10-8+,11-9+,14-12+,17-15+,18-16+. The first-order valence-corrected chi connectivity index (χ1v) is 20.0. The minimum atomic E-state index is -4.63. The fourth-order valence-electron chi connectivity index (χ4n) is 4.45. The van der Waals surface area contributed by atoms with E-state index in [2.05, 4.69) is 56.4 Å². The third-order valence-electron chi connectivity index (χ3n) is 7.34. The van der Waals surface area contributed by atoms with Gasteiger partial charge in [-0.2, -0.15) is 0 Å². The van der Waals surface area contributed by atoms with Crippen LogP contribution in [0, 0.1) is 0 Å². The summed E-state index contributed by atoms with van der Waals surface area (Å²) in [6, 6.07) is 0. The summed E-state index contributed by atoms with van der Waals surface area (Å²) in [5, 5.41) is 0. The van der Waals surface area contributed by atoms with Gasteiger partial charge >= 0.3 is 11.9 Å². The van der Waals surface area contributed by atoms with Crippen LogP contribution in [0.25, 0.3) is 0 Å². The molecular formula is C39H68NO8P. The summed E-state index contributed by atoms with van der Waals surface area (Å²) in [7, 11) is 1.13. The van der Waals surface area contributed by atoms with Gasteiger partial charge in [0.2, 0.25) is 0 Å². The highest BCUT2D eigenvalue weighted by Gasteiger charge is 2.21. The smallest absolute Gasteiger partial charge is 0.306 e. The molecule has 0 saturated carbocycles. The lowest BCUT2D eigenvalue weighted by Gasteiger charge is -2.28. The quantitative estimate of drug-likeness (QED) is 0.0170. The highest BCUT2D eigenvalue weighted by molar-refractivity contribution is 7.45. The molecule has 0 saturated heterocycles. The number of rotatable bonds is 32. The maximum atomic E-state index is 12.6. The highest BCUT2D eigenvalue weighted by atomic mass is 31.2. The van der Waals surface area contributed by atoms with Gasteiger partial charge in [0.05, 0.1) is 27.7 Å². The number of hydrogen-bond donors (Lipinski definition) is 0. The Morgan fingerprint density at radius 2 is 1.20 bits per heavy atom. The number of hydrogen-bond acceptors (Lipinski definition) is 8. The van der Waals surface area contributed by atoms with Gasteiger partial charge in [-0.1, -0.05) is 113 Å². The molecule has 0 aliphatic rings. The van der Waals surface area contributed by atoms with Crippen molar-refractivity contribution in [3.05, 3.63) is 60.8 Å². The summed E-state index contributed by atoms with van der Waals surface area (Å²) in [5.41, 5.74) is 0. The molecular weight excluding hydrogens is 641 g/mol. The summed E-state index contributed by atoms with van der Waals surface area (Å²) in [6.07, 6.45) is 35.4. The van der Waals surface area contributed by atoms with E-state index >= 15 is 0 Å². The van der Waals surface area contributed by atoms with Crippen LogP contribution in [0.4, 0.5) is 0 Å². The molecule has 10 heteroatoms. The number of carbonyl (C=O) groups excluding carboxylic acids is 2. The van der Waals surface area contributed by atoms with Gasteiger partial charge in [-0.15, -0.1) is 0 Å². The molecule has 0 radical (unpaired) electrons. The second-order valence-corrected chi connectivity index (χ2v) is 14.6. The van der Waals surface area contributed by atoms with Crippen LogP contribution in [0.5, 0.6) is 0 Å². The van der Waals surface area contributed by atoms with E-state index in [1.807, 2.05) is 39.4 Å². The van der Waals surface area contributed by atoms with Crippen LogP contribution >= 0.6 is 7.82 Å². The molecule has 2 atom stereocenters. The monoisotopic (exact) mass is 709 g/mol. The van der Waals surface area contributed by atoms with Crippen LogP contribution in [-0.2, 0) is 32.7 Å². The molecule has 0 rings (SSSR count). The van der Waals surface area contributed by atoms with Crippen LogP contribution in [0.2, 0.25) is 0 Å². The molecule has 282 valence electrons. The molecule has 0 amide bonds. The van der Waals surface area contributed by atoms with Crippen molar-refractivity contribution < 1.29 is 42.1 Å². The van der Waals surface area contributed by atoms with Crippen LogP contribution < -0.4 is 4.89 Å². The summed E-state index contributed by atoms with van der Waals surface area (Å²) < 4.78 is 33.7. The third-order valence-corrected chi connectivity index (χ3v) is 8.31. The molecule has 0 aromatic rings. The largest absolute Gasteiger partial charge is 0.756 e. The minimum absolute atomic E-state index is 0.0406. The molecule has 2 unspecified atom stereocenters. The van der Waals surface area contributed by atoms with E-state index in [0.29, 0.717) is 23.9 Å². The van der Waals surface area contributed by atoms with Crippen molar-refractivity contribution >= 4 is 19.8 Å². The van der Waals surface area contributed by atoms with E-state index in [9.17, 15) is 19.0 Å². The molecule has 49 heavy (non-hydrogen) atoms. The zero-order valence-corrected chi connectivity index (χ0v) is 32.3. The van der Waals surface area contributed by atoms with Gasteiger partial charge in [0.1, 0.15) is 19.8 Å². The first-order valence-electron chi connectivity index (χ1n) is 18.5. The summed E-state index contributed by atoms with van der Waals surface area (Å²) in [4.78, 5) is 37.3. The van der Waals surface area contributed by atoms with E-state index < -0.39 is 32.5 Å². The molecule has 0 fully saturated rings. The first kappa shape index (κ1) is 46.7. The normalized spacial score (nSPS) is 14.5. The second-order valence-electron chi connectivity index (χ2n) is 13.2. The number of phosphoric ester groups is 1. The summed E-state index contributed by atoms with van der Waals surface area (Å²) in [5.74, 6) is -0.886. The van der Waals surface area contributed by atoms with E-state index in [0.717, 1.165) is 83.5 Å². The molecule has 0 N–H and O–H groups in total. The third kappa shape index (κ3) is 35.3. The number of nitrogens with zero attached hydrogens (tertiary/aromatic N) is 1. The Bertz CT molecular complexity index is 1030. The fraction of sp³-hybridized carbons (Fsp3) is 0.692. The Kier molecular flexibility index (Phi) is 30.2. The lowest BCUT2D eigenvalue weighted by Crippen LogP contribution is -2.37. The maximum absolute atomic E-state index is 12.6. The molecule has 9 nitrogen and oxygen atoms in total. The van der Waals surface area contributed by atoms with Crippen LogP contribution in [0.1, 0.15) is 123 Å². The number of allylic oxidation sites excluding steroid dienone is 10. The van der Waals surface area contributed by atoms with Gasteiger partial charge in [0.15, 0.2) is 6.10 Å². The Morgan fingerprint density at radius 1 is 0.653 bits per heavy atom. The lowest BCUT2D eigenvalue weighted by atomic mass is 10.1. The van der Waals surface area contributed by atoms with Crippen molar-refractivity contribution in [1.29, 1.82) is 0 Å². The van der Waals surface area contributed by atoms with Crippen LogP contribution in [-0.4, -0.2) is 70.0 Å². The second kappa shape index (κ2) is 31.7. The molecule has 0 aliphatic heterocycles. The summed E-state index contributed by atoms with van der Waals surface area (Å²) >= 11 is 0. The maximum Gasteiger partial charge on any atom is 0.306 e. The molecule has 0 aromatic heterocycles. The Morgan fingerprint density at radius 3 is 1.84 bits per heavy atom. The number of phosphoric acid groups is 1. The molecule has 0 bridgehead atoms. The average molecular weight is 710 g/mol. The summed E-state index contributed by atoms with van der Waals surface area (Å²) in [6.45, 7) is 3.90. The first-order chi connectivity index (χ1) is 23.5. The average Bonchev–Trinajstić information content (AvgIpc) is 3.04. The molecule has 0 aliphatic carbocycles. The zero-order valence-electron chi connectivity index (χ0n) is 31.4. The predicted molar refractivity (Wildman–Crippen MR) is 199 cm³/mol. The van der Waals surface area contributed by atoms with Gasteiger partial charge in [-0.25, -0.2) is 0 Å². The number of carbonyl (C=O) groups is 2. The number of ether oxygens (including phenoxy) is 2. The Balaban J connectivity index is 4.53. The van der Waals surface area contributed by atoms with Crippen molar-refractivity contribution in [2.45, 2.75) is 129 Å². The molecule has 0 heterocycles. The van der Waals surface area contributed by atoms with Gasteiger partial charge in [0, 0.05) is 12.8 Å². The van der Waals surface area contributed by atoms with E-state index in [1.54, 1.807) is 0 Å². The van der Waals surface area contributed by atoms with Crippen LogP contribution in [0.15, 0.2) is 60.8 Å². The van der Waals surface area contributed by atoms with E-state index in [4.69, 9.17) is 18.5 Å². The van der Waals surface area contributed by atoms with Crippen molar-refractivity contribution in [3.63, 3.8) is 0 Å². The Hall–Kier alpha value is -2.29. The lowest BCUT2D eigenvalue weighted by molar-refractivity contribution is -0.870. The van der Waals surface area contributed by atoms with Gasteiger partial charge < -0.3 is 27.9 Å². The van der Waals surface area contributed by atoms with Gasteiger partial charge in [-0.05, 0) is 57.8 Å². The fourth-order valence-corrected chi connectivity index (χ4v) is 5.18. The predicted octanol–water partition coefficient (Wildman–Crippen LogP) is 9.10. The number of esters is 2. The van der Waals surface area contributed by atoms with Crippen molar-refractivity contribution in [3.8, 4) is 0 Å². The van der Waals surface area contributed by atoms with E-state index in [-0.39, 0.29) is 26.1 Å². The Labute approximate surface area is 298 Å². The number of quaternary nitrogens is 1. The topological polar surface area (TPSA) is 111 Å². The minimum Gasteiger partial charge on any atom is -0.756 e. The van der Waals surface area contributed by atoms with Crippen LogP contribution in [0.3, 0.4) is 0 Å². The van der Waals surface area contributed by atoms with Crippen molar-refractivity contribution in [2.75, 3.05) is 47.5 Å². The van der Waals surface area contributed by atoms with E-state index in [1.165, 1.54) is 0 Å². The van der Waals surface area contributed by atoms with Gasteiger partial charge in [-0.3, -0.25) is 14.2 Å². The highest BCUT2D eigenvalue weighted by Crippen LogP contribution is 2.38. The van der Waals surface area contributed by atoms with Crippen molar-refractivity contribution in [2.24, 2.45) is 0 Å². The molecule has 0 aromatic carbocycles. The zero-order chi connectivity index (χ0) is 36.5. The van der Waals surface area contributed by atoms with Gasteiger partial charge in [0.25, 0.3) is 7.82 Å². The SMILES string of the molecule is CC/C=C/C=C/C=C/CCCCCCCC(=O)OC(COC(=O)CCCCCCC/C=C/C/C=C/CC)COP(=O)([O-])OCC[N+](C)(C)C.